The monoisotopic (exact) mass is 300 g/mol. The number of fused-ring (bicyclic) bond motifs is 2. The minimum Gasteiger partial charge on any atom is -0.488 e. The molecule has 21 heavy (non-hydrogen) atoms. The molecule has 2 aromatic carbocycles. The highest BCUT2D eigenvalue weighted by molar-refractivity contribution is 6.63. The minimum absolute atomic E-state index is 0.0443. The van der Waals surface area contributed by atoms with Gasteiger partial charge in [-0.3, -0.25) is 9.59 Å². The number of ether oxygens (including phenoxy) is 1. The van der Waals surface area contributed by atoms with Crippen LogP contribution in [0.3, 0.4) is 0 Å². The second-order valence-corrected chi connectivity index (χ2v) is 5.38. The zero-order valence-corrected chi connectivity index (χ0v) is 12.0. The van der Waals surface area contributed by atoms with E-state index in [2.05, 4.69) is 0 Å². The summed E-state index contributed by atoms with van der Waals surface area (Å²) < 4.78 is 5.71. The highest BCUT2D eigenvalue weighted by atomic mass is 35.5. The molecule has 0 N–H and O–H groups in total. The summed E-state index contributed by atoms with van der Waals surface area (Å²) in [5.41, 5.74) is 3.00. The molecule has 0 saturated carbocycles. The van der Waals surface area contributed by atoms with Gasteiger partial charge in [-0.2, -0.15) is 0 Å². The van der Waals surface area contributed by atoms with Crippen LogP contribution in [0.1, 0.15) is 33.5 Å². The van der Waals surface area contributed by atoms with E-state index in [4.69, 9.17) is 16.3 Å². The van der Waals surface area contributed by atoms with E-state index < -0.39 is 0 Å². The molecule has 4 heteroatoms. The lowest BCUT2D eigenvalue weighted by molar-refractivity contribution is -0.111. The third-order valence-corrected chi connectivity index (χ3v) is 3.73. The number of benzene rings is 2. The van der Waals surface area contributed by atoms with Crippen molar-refractivity contribution in [3.05, 3.63) is 64.7 Å². The van der Waals surface area contributed by atoms with Crippen LogP contribution in [0.5, 0.6) is 5.75 Å². The summed E-state index contributed by atoms with van der Waals surface area (Å²) in [6.45, 7) is 0.383. The van der Waals surface area contributed by atoms with Gasteiger partial charge in [0.2, 0.25) is 5.24 Å². The van der Waals surface area contributed by atoms with Crippen LogP contribution in [0.25, 0.3) is 0 Å². The summed E-state index contributed by atoms with van der Waals surface area (Å²) in [6.07, 6.45) is 0.774. The molecule has 0 saturated heterocycles. The predicted octanol–water partition coefficient (Wildman–Crippen LogP) is 3.51. The van der Waals surface area contributed by atoms with Crippen LogP contribution in [0.4, 0.5) is 0 Å². The SMILES string of the molecule is O=C(Cl)CCc1ccc2c(c1)C(=O)c1ccccc1CO2. The first-order valence-electron chi connectivity index (χ1n) is 6.72. The van der Waals surface area contributed by atoms with Crippen molar-refractivity contribution in [2.24, 2.45) is 0 Å². The van der Waals surface area contributed by atoms with Gasteiger partial charge in [0.1, 0.15) is 12.4 Å². The van der Waals surface area contributed by atoms with Crippen molar-refractivity contribution in [1.82, 2.24) is 0 Å². The van der Waals surface area contributed by atoms with Gasteiger partial charge in [-0.25, -0.2) is 0 Å². The summed E-state index contributed by atoms with van der Waals surface area (Å²) in [7, 11) is 0. The third kappa shape index (κ3) is 2.83. The standard InChI is InChI=1S/C17H13ClO3/c18-16(19)8-6-11-5-7-15-14(9-11)17(20)13-4-2-1-3-12(13)10-21-15/h1-5,7,9H,6,8,10H2. The number of aryl methyl sites for hydroxylation is 1. The van der Waals surface area contributed by atoms with E-state index in [1.165, 1.54) is 0 Å². The summed E-state index contributed by atoms with van der Waals surface area (Å²) >= 11 is 5.36. The lowest BCUT2D eigenvalue weighted by Crippen LogP contribution is -2.03. The number of hydrogen-bond acceptors (Lipinski definition) is 3. The normalized spacial score (nSPS) is 12.9. The number of carbonyl (C=O) groups excluding carboxylic acids is 2. The van der Waals surface area contributed by atoms with Crippen LogP contribution in [-0.2, 0) is 17.8 Å². The quantitative estimate of drug-likeness (QED) is 0.815. The van der Waals surface area contributed by atoms with E-state index in [0.29, 0.717) is 29.9 Å². The Morgan fingerprint density at radius 1 is 1.14 bits per heavy atom. The first kappa shape index (κ1) is 13.8. The molecule has 0 radical (unpaired) electrons. The van der Waals surface area contributed by atoms with Gasteiger partial charge in [0.25, 0.3) is 0 Å². The van der Waals surface area contributed by atoms with Crippen LogP contribution in [0, 0.1) is 0 Å². The maximum Gasteiger partial charge on any atom is 0.221 e. The zero-order valence-electron chi connectivity index (χ0n) is 11.3. The molecule has 3 rings (SSSR count). The molecular weight excluding hydrogens is 288 g/mol. The number of hydrogen-bond donors (Lipinski definition) is 0. The summed E-state index contributed by atoms with van der Waals surface area (Å²) in [5, 5.41) is -0.377. The number of halogens is 1. The van der Waals surface area contributed by atoms with Crippen molar-refractivity contribution in [2.45, 2.75) is 19.4 Å². The van der Waals surface area contributed by atoms with Crippen LogP contribution in [0.2, 0.25) is 0 Å². The second kappa shape index (κ2) is 5.70. The first-order valence-corrected chi connectivity index (χ1v) is 7.09. The van der Waals surface area contributed by atoms with Crippen molar-refractivity contribution in [2.75, 3.05) is 0 Å². The van der Waals surface area contributed by atoms with Crippen LogP contribution in [0.15, 0.2) is 42.5 Å². The van der Waals surface area contributed by atoms with E-state index >= 15 is 0 Å². The number of rotatable bonds is 3. The Kier molecular flexibility index (Phi) is 3.76. The summed E-state index contributed by atoms with van der Waals surface area (Å²) in [5.74, 6) is 0.536. The molecule has 3 nitrogen and oxygen atoms in total. The fourth-order valence-corrected chi connectivity index (χ4v) is 2.54. The van der Waals surface area contributed by atoms with E-state index in [9.17, 15) is 9.59 Å². The van der Waals surface area contributed by atoms with Crippen LogP contribution >= 0.6 is 11.6 Å². The lowest BCUT2D eigenvalue weighted by Gasteiger charge is -2.08. The van der Waals surface area contributed by atoms with Gasteiger partial charge in [-0.1, -0.05) is 30.3 Å². The van der Waals surface area contributed by atoms with Gasteiger partial charge in [0, 0.05) is 17.5 Å². The van der Waals surface area contributed by atoms with Crippen molar-refractivity contribution in [1.29, 1.82) is 0 Å². The lowest BCUT2D eigenvalue weighted by atomic mass is 9.97. The van der Waals surface area contributed by atoms with Gasteiger partial charge in [-0.05, 0) is 35.7 Å². The molecule has 1 aliphatic rings. The molecule has 1 aliphatic heterocycles. The van der Waals surface area contributed by atoms with Crippen molar-refractivity contribution < 1.29 is 14.3 Å². The molecule has 0 atom stereocenters. The van der Waals surface area contributed by atoms with E-state index in [1.807, 2.05) is 30.3 Å². The topological polar surface area (TPSA) is 43.4 Å². The molecule has 0 unspecified atom stereocenters. The maximum atomic E-state index is 12.6. The first-order chi connectivity index (χ1) is 10.1. The molecule has 2 aromatic rings. The molecule has 0 amide bonds. The Hall–Kier alpha value is -2.13. The average molecular weight is 301 g/mol. The molecule has 0 fully saturated rings. The molecule has 0 aromatic heterocycles. The smallest absolute Gasteiger partial charge is 0.221 e. The Bertz CT molecular complexity index is 722. The Labute approximate surface area is 127 Å². The number of ketones is 1. The molecule has 0 aliphatic carbocycles. The Balaban J connectivity index is 1.98. The van der Waals surface area contributed by atoms with Gasteiger partial charge in [0.05, 0.1) is 5.56 Å². The molecule has 106 valence electrons. The fourth-order valence-electron chi connectivity index (χ4n) is 2.45. The van der Waals surface area contributed by atoms with Gasteiger partial charge in [0.15, 0.2) is 5.78 Å². The highest BCUT2D eigenvalue weighted by Crippen LogP contribution is 2.29. The van der Waals surface area contributed by atoms with Gasteiger partial charge < -0.3 is 4.74 Å². The minimum atomic E-state index is -0.377. The van der Waals surface area contributed by atoms with Gasteiger partial charge in [-0.15, -0.1) is 0 Å². The number of carbonyl (C=O) groups is 2. The van der Waals surface area contributed by atoms with Crippen LogP contribution < -0.4 is 4.74 Å². The van der Waals surface area contributed by atoms with E-state index in [-0.39, 0.29) is 17.4 Å². The Morgan fingerprint density at radius 3 is 2.76 bits per heavy atom. The molecule has 1 heterocycles. The predicted molar refractivity (Wildman–Crippen MR) is 79.8 cm³/mol. The Morgan fingerprint density at radius 2 is 1.95 bits per heavy atom. The van der Waals surface area contributed by atoms with Gasteiger partial charge >= 0.3 is 0 Å². The summed E-state index contributed by atoms with van der Waals surface area (Å²) in [4.78, 5) is 23.5. The largest absolute Gasteiger partial charge is 0.488 e. The summed E-state index contributed by atoms with van der Waals surface area (Å²) in [6, 6.07) is 12.9. The molecule has 0 spiro atoms. The maximum absolute atomic E-state index is 12.6. The molecular formula is C17H13ClO3. The zero-order chi connectivity index (χ0) is 14.8. The van der Waals surface area contributed by atoms with E-state index in [0.717, 1.165) is 11.1 Å². The highest BCUT2D eigenvalue weighted by Gasteiger charge is 2.22. The average Bonchev–Trinajstić information content (AvgIpc) is 2.63. The third-order valence-electron chi connectivity index (χ3n) is 3.54. The van der Waals surface area contributed by atoms with Crippen molar-refractivity contribution >= 4 is 22.6 Å². The van der Waals surface area contributed by atoms with Crippen molar-refractivity contribution in [3.63, 3.8) is 0 Å². The van der Waals surface area contributed by atoms with E-state index in [1.54, 1.807) is 12.1 Å². The fraction of sp³-hybridized carbons (Fsp3) is 0.176. The van der Waals surface area contributed by atoms with Crippen molar-refractivity contribution in [3.8, 4) is 5.75 Å². The molecule has 0 bridgehead atoms. The second-order valence-electron chi connectivity index (χ2n) is 4.96. The van der Waals surface area contributed by atoms with Crippen LogP contribution in [-0.4, -0.2) is 11.0 Å².